The molecular formula is C14H23N5. The van der Waals surface area contributed by atoms with Crippen molar-refractivity contribution in [2.24, 2.45) is 5.92 Å². The van der Waals surface area contributed by atoms with Crippen LogP contribution >= 0.6 is 0 Å². The fraction of sp³-hybridized carbons (Fsp3) is 0.571. The molecule has 0 bridgehead atoms. The Morgan fingerprint density at radius 3 is 2.89 bits per heavy atom. The standard InChI is InChI=1S/C14H23N5/c1-5-6-15-12-10-19-8-7-16-13(19)14(17-12)18(4)9-11(2)3/h7-8,10-11,15H,5-6,9H2,1-4H3. The summed E-state index contributed by atoms with van der Waals surface area (Å²) in [5, 5.41) is 3.34. The molecule has 104 valence electrons. The Labute approximate surface area is 114 Å². The van der Waals surface area contributed by atoms with Crippen molar-refractivity contribution in [1.29, 1.82) is 0 Å². The lowest BCUT2D eigenvalue weighted by Crippen LogP contribution is -2.24. The van der Waals surface area contributed by atoms with Gasteiger partial charge < -0.3 is 14.6 Å². The van der Waals surface area contributed by atoms with Crippen molar-refractivity contribution in [3.05, 3.63) is 18.6 Å². The largest absolute Gasteiger partial charge is 0.369 e. The van der Waals surface area contributed by atoms with Crippen molar-refractivity contribution < 1.29 is 0 Å². The van der Waals surface area contributed by atoms with Crippen LogP contribution in [0.3, 0.4) is 0 Å². The van der Waals surface area contributed by atoms with Crippen LogP contribution in [-0.2, 0) is 0 Å². The van der Waals surface area contributed by atoms with Crippen molar-refractivity contribution in [3.8, 4) is 0 Å². The summed E-state index contributed by atoms with van der Waals surface area (Å²) in [7, 11) is 2.07. The lowest BCUT2D eigenvalue weighted by molar-refractivity contribution is 0.635. The Bertz CT molecular complexity index is 532. The molecule has 0 aliphatic heterocycles. The first-order chi connectivity index (χ1) is 9.11. The first-order valence-corrected chi connectivity index (χ1v) is 6.90. The maximum Gasteiger partial charge on any atom is 0.180 e. The molecule has 0 unspecified atom stereocenters. The lowest BCUT2D eigenvalue weighted by atomic mass is 10.2. The van der Waals surface area contributed by atoms with Gasteiger partial charge in [0, 0.05) is 32.5 Å². The summed E-state index contributed by atoms with van der Waals surface area (Å²) in [6, 6.07) is 0. The van der Waals surface area contributed by atoms with Gasteiger partial charge in [0.1, 0.15) is 5.82 Å². The molecule has 2 rings (SSSR count). The molecule has 5 nitrogen and oxygen atoms in total. The predicted molar refractivity (Wildman–Crippen MR) is 79.9 cm³/mol. The minimum absolute atomic E-state index is 0.592. The summed E-state index contributed by atoms with van der Waals surface area (Å²) in [5.41, 5.74) is 0.908. The Morgan fingerprint density at radius 2 is 2.21 bits per heavy atom. The molecule has 2 aromatic rings. The van der Waals surface area contributed by atoms with Gasteiger partial charge in [-0.25, -0.2) is 9.97 Å². The fourth-order valence-corrected chi connectivity index (χ4v) is 2.14. The van der Waals surface area contributed by atoms with Crippen molar-refractivity contribution in [2.75, 3.05) is 30.4 Å². The monoisotopic (exact) mass is 261 g/mol. The van der Waals surface area contributed by atoms with Gasteiger partial charge in [0.15, 0.2) is 11.5 Å². The van der Waals surface area contributed by atoms with E-state index in [2.05, 4.69) is 43.0 Å². The molecule has 0 radical (unpaired) electrons. The van der Waals surface area contributed by atoms with Crippen LogP contribution in [0.4, 0.5) is 11.6 Å². The van der Waals surface area contributed by atoms with Gasteiger partial charge >= 0.3 is 0 Å². The van der Waals surface area contributed by atoms with E-state index < -0.39 is 0 Å². The second kappa shape index (κ2) is 5.91. The number of imidazole rings is 1. The van der Waals surface area contributed by atoms with E-state index in [0.717, 1.165) is 36.8 Å². The number of fused-ring (bicyclic) bond motifs is 1. The van der Waals surface area contributed by atoms with E-state index in [-0.39, 0.29) is 0 Å². The zero-order chi connectivity index (χ0) is 13.8. The molecule has 0 aliphatic rings. The minimum Gasteiger partial charge on any atom is -0.369 e. The van der Waals surface area contributed by atoms with Gasteiger partial charge in [-0.3, -0.25) is 0 Å². The second-order valence-electron chi connectivity index (χ2n) is 5.31. The van der Waals surface area contributed by atoms with E-state index in [1.807, 2.05) is 23.0 Å². The van der Waals surface area contributed by atoms with Crippen LogP contribution < -0.4 is 10.2 Å². The smallest absolute Gasteiger partial charge is 0.180 e. The average Bonchev–Trinajstić information content (AvgIpc) is 2.82. The molecule has 0 spiro atoms. The number of hydrogen-bond donors (Lipinski definition) is 1. The molecule has 0 saturated heterocycles. The fourth-order valence-electron chi connectivity index (χ4n) is 2.14. The van der Waals surface area contributed by atoms with E-state index in [9.17, 15) is 0 Å². The lowest BCUT2D eigenvalue weighted by Gasteiger charge is -2.21. The highest BCUT2D eigenvalue weighted by molar-refractivity contribution is 5.66. The third-order valence-corrected chi connectivity index (χ3v) is 2.91. The third-order valence-electron chi connectivity index (χ3n) is 2.91. The van der Waals surface area contributed by atoms with Crippen molar-refractivity contribution >= 4 is 17.3 Å². The maximum atomic E-state index is 4.70. The number of hydrogen-bond acceptors (Lipinski definition) is 4. The molecule has 0 amide bonds. The first kappa shape index (κ1) is 13.6. The highest BCUT2D eigenvalue weighted by atomic mass is 15.2. The highest BCUT2D eigenvalue weighted by Crippen LogP contribution is 2.20. The topological polar surface area (TPSA) is 45.5 Å². The van der Waals surface area contributed by atoms with Crippen molar-refractivity contribution in [2.45, 2.75) is 27.2 Å². The Kier molecular flexibility index (Phi) is 4.24. The van der Waals surface area contributed by atoms with Gasteiger partial charge in [-0.1, -0.05) is 20.8 Å². The van der Waals surface area contributed by atoms with Crippen LogP contribution in [0.25, 0.3) is 5.65 Å². The van der Waals surface area contributed by atoms with Crippen molar-refractivity contribution in [1.82, 2.24) is 14.4 Å². The highest BCUT2D eigenvalue weighted by Gasteiger charge is 2.12. The molecule has 0 aliphatic carbocycles. The Hall–Kier alpha value is -1.78. The molecule has 2 heterocycles. The van der Waals surface area contributed by atoms with Gasteiger partial charge in [0.05, 0.1) is 6.20 Å². The molecule has 19 heavy (non-hydrogen) atoms. The number of anilines is 2. The number of nitrogens with zero attached hydrogens (tertiary/aromatic N) is 4. The van der Waals surface area contributed by atoms with E-state index in [1.54, 1.807) is 0 Å². The molecule has 2 aromatic heterocycles. The van der Waals surface area contributed by atoms with E-state index >= 15 is 0 Å². The van der Waals surface area contributed by atoms with Gasteiger partial charge in [-0.15, -0.1) is 0 Å². The van der Waals surface area contributed by atoms with Gasteiger partial charge in [-0.2, -0.15) is 0 Å². The van der Waals surface area contributed by atoms with Crippen LogP contribution in [0.2, 0.25) is 0 Å². The van der Waals surface area contributed by atoms with Crippen LogP contribution in [0.15, 0.2) is 18.6 Å². The Morgan fingerprint density at radius 1 is 1.42 bits per heavy atom. The zero-order valence-electron chi connectivity index (χ0n) is 12.2. The summed E-state index contributed by atoms with van der Waals surface area (Å²) in [6.45, 7) is 8.46. The first-order valence-electron chi connectivity index (χ1n) is 6.90. The summed E-state index contributed by atoms with van der Waals surface area (Å²) >= 11 is 0. The molecule has 0 fully saturated rings. The van der Waals surface area contributed by atoms with Crippen molar-refractivity contribution in [3.63, 3.8) is 0 Å². The van der Waals surface area contributed by atoms with Gasteiger partial charge in [0.25, 0.3) is 0 Å². The number of aromatic nitrogens is 3. The molecule has 0 aromatic carbocycles. The van der Waals surface area contributed by atoms with E-state index in [4.69, 9.17) is 4.98 Å². The molecule has 0 atom stereocenters. The molecular weight excluding hydrogens is 238 g/mol. The van der Waals surface area contributed by atoms with Gasteiger partial charge in [0.2, 0.25) is 0 Å². The quantitative estimate of drug-likeness (QED) is 0.868. The maximum absolute atomic E-state index is 4.70. The predicted octanol–water partition coefficient (Wildman–Crippen LogP) is 2.64. The normalized spacial score (nSPS) is 11.2. The zero-order valence-corrected chi connectivity index (χ0v) is 12.2. The summed E-state index contributed by atoms with van der Waals surface area (Å²) in [5.74, 6) is 2.42. The summed E-state index contributed by atoms with van der Waals surface area (Å²) in [4.78, 5) is 11.3. The SMILES string of the molecule is CCCNc1cn2ccnc2c(N(C)CC(C)C)n1. The molecule has 0 saturated carbocycles. The second-order valence-corrected chi connectivity index (χ2v) is 5.31. The number of nitrogens with one attached hydrogen (secondary N) is 1. The van der Waals surface area contributed by atoms with E-state index in [1.165, 1.54) is 0 Å². The van der Waals surface area contributed by atoms with E-state index in [0.29, 0.717) is 5.92 Å². The minimum atomic E-state index is 0.592. The average molecular weight is 261 g/mol. The third kappa shape index (κ3) is 3.16. The van der Waals surface area contributed by atoms with Crippen LogP contribution in [0.5, 0.6) is 0 Å². The molecule has 5 heteroatoms. The number of rotatable bonds is 6. The van der Waals surface area contributed by atoms with Crippen LogP contribution in [0.1, 0.15) is 27.2 Å². The summed E-state index contributed by atoms with van der Waals surface area (Å²) in [6.07, 6.45) is 6.85. The molecule has 1 N–H and O–H groups in total. The Balaban J connectivity index is 2.36. The van der Waals surface area contributed by atoms with Crippen LogP contribution in [-0.4, -0.2) is 34.5 Å². The van der Waals surface area contributed by atoms with Crippen LogP contribution in [0, 0.1) is 5.92 Å². The van der Waals surface area contributed by atoms with Gasteiger partial charge in [-0.05, 0) is 12.3 Å². The summed E-state index contributed by atoms with van der Waals surface area (Å²) < 4.78 is 2.02.